The zero-order chi connectivity index (χ0) is 55.6. The minimum Gasteiger partial charge on any atom is -0.343 e. The maximum absolute atomic E-state index is 14.8. The lowest BCUT2D eigenvalue weighted by atomic mass is 9.98. The van der Waals surface area contributed by atoms with E-state index in [2.05, 4.69) is 31.9 Å². The molecule has 20 nitrogen and oxygen atoms in total. The molecule has 0 radical (unpaired) electrons. The molecule has 10 amide bonds. The van der Waals surface area contributed by atoms with Gasteiger partial charge in [0.2, 0.25) is 35.4 Å². The summed E-state index contributed by atoms with van der Waals surface area (Å²) >= 11 is 0. The largest absolute Gasteiger partial charge is 0.343 e. The molecule has 4 aromatic carbocycles. The fourth-order valence-corrected chi connectivity index (χ4v) is 11.9. The first-order chi connectivity index (χ1) is 38.3. The minimum atomic E-state index is -1.15. The van der Waals surface area contributed by atoms with Crippen LogP contribution in [0.5, 0.6) is 0 Å². The van der Waals surface area contributed by atoms with E-state index >= 15 is 0 Å². The van der Waals surface area contributed by atoms with Crippen molar-refractivity contribution in [2.45, 2.75) is 99.8 Å². The lowest BCUT2D eigenvalue weighted by Gasteiger charge is -2.43. The predicted octanol–water partition coefficient (Wildman–Crippen LogP) is 2.58. The molecule has 5 aliphatic heterocycles. The number of hydrogen-bond donors (Lipinski definition) is 6. The molecular formula is C59H74N12O8. The zero-order valence-electron chi connectivity index (χ0n) is 45.3. The number of carbonyl (C=O) groups is 8. The van der Waals surface area contributed by atoms with Crippen LogP contribution in [0.25, 0.3) is 0 Å². The second-order valence-corrected chi connectivity index (χ2v) is 21.2. The van der Waals surface area contributed by atoms with E-state index < -0.39 is 65.9 Å². The van der Waals surface area contributed by atoms with Gasteiger partial charge in [0, 0.05) is 51.4 Å². The van der Waals surface area contributed by atoms with E-state index in [9.17, 15) is 38.4 Å². The number of urea groups is 2. The Morgan fingerprint density at radius 3 is 1.20 bits per heavy atom. The van der Waals surface area contributed by atoms with Crippen molar-refractivity contribution in [3.05, 3.63) is 144 Å². The van der Waals surface area contributed by atoms with Crippen molar-refractivity contribution >= 4 is 47.5 Å². The molecule has 0 bridgehead atoms. The standard InChI is InChI=1S/C59H74N12O8/c1-39(61-3)53(73)63-47-38-69(31-29-45-25-27-49(71(45)57(47)77)55(75)65-52(42-20-12-6-13-21-42)43-22-14-7-15-23-43)59(79)67-34-32-66(33-35-67)58(78)68-30-28-44-24-26-48(70(44)56(76)46(37-68)62-50(72)36-60-2)54(74)64-51(40-16-8-4-9-17-40)41-18-10-5-11-19-41/h4-23,39,44-49,51-52,60-61H,24-38H2,1-3H3,(H,62,72)(H,63,73)(H,64,74)(H,65,75)/t39-,44+,45+,46-,47-,48?,49-/m0/s1. The first-order valence-corrected chi connectivity index (χ1v) is 27.8. The summed E-state index contributed by atoms with van der Waals surface area (Å²) in [5.41, 5.74) is 3.57. The average Bonchev–Trinajstić information content (AvgIpc) is 4.25. The topological polar surface area (TPSA) is 228 Å². The molecule has 9 rings (SSSR count). The van der Waals surface area contributed by atoms with Gasteiger partial charge in [-0.1, -0.05) is 121 Å². The molecule has 4 aromatic rings. The van der Waals surface area contributed by atoms with E-state index in [1.165, 1.54) is 0 Å². The number of nitrogens with one attached hydrogen (secondary N) is 6. The molecule has 0 saturated carbocycles. The molecular weight excluding hydrogens is 1000 g/mol. The van der Waals surface area contributed by atoms with Crippen molar-refractivity contribution in [2.75, 3.05) is 73.0 Å². The van der Waals surface area contributed by atoms with E-state index in [1.54, 1.807) is 50.4 Å². The van der Waals surface area contributed by atoms with Crippen molar-refractivity contribution in [1.29, 1.82) is 0 Å². The van der Waals surface area contributed by atoms with Crippen LogP contribution < -0.4 is 31.9 Å². The number of nitrogens with zero attached hydrogens (tertiary/aromatic N) is 6. The summed E-state index contributed by atoms with van der Waals surface area (Å²) in [5, 5.41) is 18.0. The van der Waals surface area contributed by atoms with Gasteiger partial charge in [-0.25, -0.2) is 9.59 Å². The molecule has 418 valence electrons. The molecule has 1 unspecified atom stereocenters. The van der Waals surface area contributed by atoms with Crippen molar-refractivity contribution in [3.8, 4) is 0 Å². The van der Waals surface area contributed by atoms with Gasteiger partial charge in [-0.2, -0.15) is 0 Å². The highest BCUT2D eigenvalue weighted by Gasteiger charge is 2.48. The number of fused-ring (bicyclic) bond motifs is 2. The Hall–Kier alpha value is -7.84. The van der Waals surface area contributed by atoms with Crippen LogP contribution in [0.1, 0.15) is 79.8 Å². The minimum absolute atomic E-state index is 0.0639. The zero-order valence-corrected chi connectivity index (χ0v) is 45.3. The van der Waals surface area contributed by atoms with Crippen molar-refractivity contribution < 1.29 is 38.4 Å². The van der Waals surface area contributed by atoms with E-state index in [0.29, 0.717) is 38.5 Å². The number of hydrogen-bond acceptors (Lipinski definition) is 10. The summed E-state index contributed by atoms with van der Waals surface area (Å²) in [4.78, 5) is 124. The highest BCUT2D eigenvalue weighted by molar-refractivity contribution is 5.96. The molecule has 5 saturated heterocycles. The van der Waals surface area contributed by atoms with Gasteiger partial charge in [0.05, 0.1) is 37.8 Å². The Morgan fingerprint density at radius 2 is 0.848 bits per heavy atom. The molecule has 5 heterocycles. The number of carbonyl (C=O) groups excluding carboxylic acids is 8. The van der Waals surface area contributed by atoms with Gasteiger partial charge in [0.25, 0.3) is 0 Å². The summed E-state index contributed by atoms with van der Waals surface area (Å²) < 4.78 is 0. The maximum Gasteiger partial charge on any atom is 0.320 e. The van der Waals surface area contributed by atoms with Crippen LogP contribution in [0.15, 0.2) is 121 Å². The summed E-state index contributed by atoms with van der Waals surface area (Å²) in [7, 11) is 3.26. The van der Waals surface area contributed by atoms with Crippen LogP contribution in [0.3, 0.4) is 0 Å². The molecule has 7 atom stereocenters. The average molecular weight is 1080 g/mol. The van der Waals surface area contributed by atoms with Gasteiger partial charge < -0.3 is 61.3 Å². The Kier molecular flexibility index (Phi) is 18.2. The van der Waals surface area contributed by atoms with Crippen LogP contribution in [0.2, 0.25) is 0 Å². The molecule has 0 spiro atoms. The van der Waals surface area contributed by atoms with Gasteiger partial charge in [-0.15, -0.1) is 0 Å². The number of benzene rings is 4. The van der Waals surface area contributed by atoms with Gasteiger partial charge in [-0.05, 0) is 81.8 Å². The van der Waals surface area contributed by atoms with Crippen molar-refractivity contribution in [1.82, 2.24) is 61.3 Å². The third-order valence-corrected chi connectivity index (χ3v) is 16.3. The lowest BCUT2D eigenvalue weighted by molar-refractivity contribution is -0.145. The fraction of sp³-hybridized carbons (Fsp3) is 0.458. The maximum atomic E-state index is 14.8. The van der Waals surface area contributed by atoms with Gasteiger partial charge in [-0.3, -0.25) is 28.8 Å². The Bertz CT molecular complexity index is 2710. The van der Waals surface area contributed by atoms with Crippen molar-refractivity contribution in [2.24, 2.45) is 0 Å². The number of rotatable bonds is 14. The summed E-state index contributed by atoms with van der Waals surface area (Å²) in [6.45, 7) is 2.61. The molecule has 79 heavy (non-hydrogen) atoms. The van der Waals surface area contributed by atoms with Gasteiger partial charge >= 0.3 is 12.1 Å². The third kappa shape index (κ3) is 12.9. The van der Waals surface area contributed by atoms with Crippen LogP contribution in [-0.4, -0.2) is 192 Å². The van der Waals surface area contributed by atoms with Crippen LogP contribution in [0, 0.1) is 0 Å². The van der Waals surface area contributed by atoms with E-state index in [4.69, 9.17) is 0 Å². The predicted molar refractivity (Wildman–Crippen MR) is 296 cm³/mol. The molecule has 20 heteroatoms. The van der Waals surface area contributed by atoms with E-state index in [-0.39, 0.29) is 94.9 Å². The summed E-state index contributed by atoms with van der Waals surface area (Å²) in [6, 6.07) is 31.8. The Labute approximate surface area is 461 Å². The highest BCUT2D eigenvalue weighted by atomic mass is 16.2. The van der Waals surface area contributed by atoms with Crippen LogP contribution in [-0.2, 0) is 28.8 Å². The smallest absolute Gasteiger partial charge is 0.320 e. The third-order valence-electron chi connectivity index (χ3n) is 16.3. The monoisotopic (exact) mass is 1080 g/mol. The summed E-state index contributed by atoms with van der Waals surface area (Å²) in [5.74, 6) is -2.33. The number of piperazine rings is 1. The van der Waals surface area contributed by atoms with E-state index in [0.717, 1.165) is 22.3 Å². The van der Waals surface area contributed by atoms with Gasteiger partial charge in [0.15, 0.2) is 0 Å². The van der Waals surface area contributed by atoms with E-state index in [1.807, 2.05) is 121 Å². The Morgan fingerprint density at radius 1 is 0.481 bits per heavy atom. The lowest BCUT2D eigenvalue weighted by Crippen LogP contribution is -2.64. The highest BCUT2D eigenvalue weighted by Crippen LogP contribution is 2.34. The summed E-state index contributed by atoms with van der Waals surface area (Å²) in [6.07, 6.45) is 2.72. The van der Waals surface area contributed by atoms with Crippen molar-refractivity contribution in [3.63, 3.8) is 0 Å². The normalized spacial score (nSPS) is 22.9. The fourth-order valence-electron chi connectivity index (χ4n) is 11.9. The quantitative estimate of drug-likeness (QED) is 0.108. The molecule has 0 aromatic heterocycles. The molecule has 5 aliphatic rings. The second-order valence-electron chi connectivity index (χ2n) is 21.2. The Balaban J connectivity index is 0.857. The van der Waals surface area contributed by atoms with Crippen LogP contribution >= 0.6 is 0 Å². The molecule has 6 N–H and O–H groups in total. The first kappa shape index (κ1) is 55.9. The molecule has 0 aliphatic carbocycles. The van der Waals surface area contributed by atoms with Gasteiger partial charge in [0.1, 0.15) is 24.2 Å². The number of amides is 10. The first-order valence-electron chi connectivity index (χ1n) is 27.8. The SMILES string of the molecule is CNCC(=O)N[C@H]1CN(C(=O)N2CCN(C(=O)N3CC[C@H]4CC[C@@H](C(=O)NC(c5ccccc5)c5ccccc5)N4C(=O)[C@@H](NC(=O)[C@H](C)NC)C3)CC2)CC[C@H]2CCC(C(=O)NC(c3ccccc3)c3ccccc3)N2C1=O. The van der Waals surface area contributed by atoms with Crippen LogP contribution in [0.4, 0.5) is 9.59 Å². The molecule has 5 fully saturated rings. The second kappa shape index (κ2) is 25.7. The number of likely N-dealkylation sites (N-methyl/N-ethyl adjacent to an activating group) is 2.